The molecule has 3 N–H and O–H groups in total. The zero-order valence-corrected chi connectivity index (χ0v) is 16.0. The van der Waals surface area contributed by atoms with E-state index >= 15 is 0 Å². The Hall–Kier alpha value is -3.06. The van der Waals surface area contributed by atoms with Gasteiger partial charge in [-0.2, -0.15) is 0 Å². The second-order valence-electron chi connectivity index (χ2n) is 7.11. The van der Waals surface area contributed by atoms with Crippen molar-refractivity contribution < 1.29 is 9.18 Å². The molecule has 0 fully saturated rings. The molecule has 0 bridgehead atoms. The molecule has 1 aromatic carbocycles. The lowest BCUT2D eigenvalue weighted by atomic mass is 9.84. The molecule has 0 aliphatic heterocycles. The van der Waals surface area contributed by atoms with Gasteiger partial charge in [-0.05, 0) is 30.2 Å². The Kier molecular flexibility index (Phi) is 5.29. The van der Waals surface area contributed by atoms with Crippen LogP contribution in [-0.2, 0) is 11.2 Å². The molecule has 0 spiro atoms. The van der Waals surface area contributed by atoms with Crippen molar-refractivity contribution in [1.29, 1.82) is 0 Å². The number of nitrogens with two attached hydrogens (primary N) is 1. The molecule has 0 saturated carbocycles. The first kappa shape index (κ1) is 19.7. The van der Waals surface area contributed by atoms with E-state index < -0.39 is 22.7 Å². The summed E-state index contributed by atoms with van der Waals surface area (Å²) >= 11 is 5.95. The van der Waals surface area contributed by atoms with Gasteiger partial charge in [-0.25, -0.2) is 9.37 Å². The number of carbonyl (C=O) groups excluding carboxylic acids is 1. The van der Waals surface area contributed by atoms with E-state index in [0.717, 1.165) is 0 Å². The molecule has 0 radical (unpaired) electrons. The maximum atomic E-state index is 14.5. The van der Waals surface area contributed by atoms with Crippen LogP contribution in [0.25, 0.3) is 22.6 Å². The molecule has 6 nitrogen and oxygen atoms in total. The lowest BCUT2D eigenvalue weighted by molar-refractivity contribution is -0.125. The minimum absolute atomic E-state index is 0.0682. The minimum Gasteiger partial charge on any atom is -0.369 e. The first-order valence-electron chi connectivity index (χ1n) is 8.47. The number of aromatic amines is 1. The largest absolute Gasteiger partial charge is 0.369 e. The second kappa shape index (κ2) is 7.52. The Morgan fingerprint density at radius 1 is 1.25 bits per heavy atom. The maximum absolute atomic E-state index is 14.5. The fourth-order valence-corrected chi connectivity index (χ4v) is 2.92. The van der Waals surface area contributed by atoms with Crippen LogP contribution in [0.1, 0.15) is 19.4 Å². The third-order valence-corrected chi connectivity index (χ3v) is 4.55. The molecule has 28 heavy (non-hydrogen) atoms. The standard InChI is InChI=1S/C20H18ClFN4O2/c1-20(2,19(23)28)8-11-3-4-15(22)14(5-11)18-25-16(7-17(27)26-18)12-6-13(21)10-24-9-12/h3-7,9-10H,8H2,1-2H3,(H2,23,28)(H,25,26,27). The van der Waals surface area contributed by atoms with E-state index in [2.05, 4.69) is 15.0 Å². The monoisotopic (exact) mass is 400 g/mol. The fourth-order valence-electron chi connectivity index (χ4n) is 2.75. The number of pyridine rings is 1. The summed E-state index contributed by atoms with van der Waals surface area (Å²) in [6.07, 6.45) is 3.29. The number of nitrogens with one attached hydrogen (secondary N) is 1. The first-order chi connectivity index (χ1) is 13.2. The van der Waals surface area contributed by atoms with Crippen LogP contribution in [0.2, 0.25) is 5.02 Å². The fraction of sp³-hybridized carbons (Fsp3) is 0.200. The van der Waals surface area contributed by atoms with Crippen molar-refractivity contribution in [2.75, 3.05) is 0 Å². The van der Waals surface area contributed by atoms with Crippen LogP contribution in [0.15, 0.2) is 47.5 Å². The summed E-state index contributed by atoms with van der Waals surface area (Å²) in [4.78, 5) is 34.6. The van der Waals surface area contributed by atoms with Gasteiger partial charge < -0.3 is 10.7 Å². The highest BCUT2D eigenvalue weighted by atomic mass is 35.5. The van der Waals surface area contributed by atoms with Crippen molar-refractivity contribution in [2.24, 2.45) is 11.1 Å². The molecule has 3 rings (SSSR count). The lowest BCUT2D eigenvalue weighted by Gasteiger charge is -2.20. The Labute approximate surface area is 165 Å². The zero-order chi connectivity index (χ0) is 20.5. The van der Waals surface area contributed by atoms with E-state index in [1.807, 2.05) is 0 Å². The number of hydrogen-bond acceptors (Lipinski definition) is 4. The van der Waals surface area contributed by atoms with E-state index in [4.69, 9.17) is 17.3 Å². The molecule has 1 amide bonds. The third-order valence-electron chi connectivity index (χ3n) is 4.34. The van der Waals surface area contributed by atoms with Gasteiger partial charge in [-0.15, -0.1) is 0 Å². The average Bonchev–Trinajstić information content (AvgIpc) is 2.62. The molecule has 0 unspecified atom stereocenters. The van der Waals surface area contributed by atoms with Crippen molar-refractivity contribution in [1.82, 2.24) is 15.0 Å². The van der Waals surface area contributed by atoms with Crippen LogP contribution in [0, 0.1) is 11.2 Å². The van der Waals surface area contributed by atoms with Crippen LogP contribution in [-0.4, -0.2) is 20.9 Å². The second-order valence-corrected chi connectivity index (χ2v) is 7.55. The summed E-state index contributed by atoms with van der Waals surface area (Å²) in [6.45, 7) is 3.43. The average molecular weight is 401 g/mol. The van der Waals surface area contributed by atoms with Gasteiger partial charge in [-0.1, -0.05) is 31.5 Å². The Balaban J connectivity index is 2.07. The number of carbonyl (C=O) groups is 1. The smallest absolute Gasteiger partial charge is 0.251 e. The van der Waals surface area contributed by atoms with Crippen LogP contribution in [0.4, 0.5) is 4.39 Å². The summed E-state index contributed by atoms with van der Waals surface area (Å²) in [6, 6.07) is 7.30. The molecule has 0 aliphatic carbocycles. The molecule has 8 heteroatoms. The number of amides is 1. The number of aromatic nitrogens is 3. The molecule has 0 aliphatic rings. The van der Waals surface area contributed by atoms with E-state index in [9.17, 15) is 14.0 Å². The number of benzene rings is 1. The number of nitrogens with zero attached hydrogens (tertiary/aromatic N) is 2. The van der Waals surface area contributed by atoms with E-state index in [1.54, 1.807) is 32.0 Å². The van der Waals surface area contributed by atoms with Crippen molar-refractivity contribution >= 4 is 17.5 Å². The number of primary amides is 1. The van der Waals surface area contributed by atoms with Crippen molar-refractivity contribution in [2.45, 2.75) is 20.3 Å². The van der Waals surface area contributed by atoms with E-state index in [0.29, 0.717) is 28.3 Å². The van der Waals surface area contributed by atoms with E-state index in [1.165, 1.54) is 24.5 Å². The number of hydrogen-bond donors (Lipinski definition) is 2. The molecule has 2 heterocycles. The van der Waals surface area contributed by atoms with Gasteiger partial charge in [0.25, 0.3) is 5.56 Å². The van der Waals surface area contributed by atoms with Gasteiger partial charge >= 0.3 is 0 Å². The highest BCUT2D eigenvalue weighted by Gasteiger charge is 2.25. The molecule has 144 valence electrons. The summed E-state index contributed by atoms with van der Waals surface area (Å²) in [5.74, 6) is -0.941. The van der Waals surface area contributed by atoms with Gasteiger partial charge in [0.15, 0.2) is 0 Å². The third kappa shape index (κ3) is 4.26. The molecule has 0 atom stereocenters. The normalized spacial score (nSPS) is 11.4. The van der Waals surface area contributed by atoms with Gasteiger partial charge in [-0.3, -0.25) is 14.6 Å². The summed E-state index contributed by atoms with van der Waals surface area (Å²) in [5.41, 5.74) is 5.84. The molecule has 0 saturated heterocycles. The molecule has 2 aromatic heterocycles. The maximum Gasteiger partial charge on any atom is 0.251 e. The van der Waals surface area contributed by atoms with Crippen molar-refractivity contribution in [3.8, 4) is 22.6 Å². The zero-order valence-electron chi connectivity index (χ0n) is 15.3. The SMILES string of the molecule is CC(C)(Cc1ccc(F)c(-c2nc(-c3cncc(Cl)c3)cc(=O)[nH]2)c1)C(N)=O. The highest BCUT2D eigenvalue weighted by molar-refractivity contribution is 6.30. The molecule has 3 aromatic rings. The molecular weight excluding hydrogens is 383 g/mol. The van der Waals surface area contributed by atoms with Gasteiger partial charge in [0.1, 0.15) is 11.6 Å². The van der Waals surface area contributed by atoms with Crippen LogP contribution in [0.5, 0.6) is 0 Å². The number of halogens is 2. The Morgan fingerprint density at radius 2 is 2.00 bits per heavy atom. The number of rotatable bonds is 5. The quantitative estimate of drug-likeness (QED) is 0.685. The number of H-pyrrole nitrogens is 1. The highest BCUT2D eigenvalue weighted by Crippen LogP contribution is 2.27. The van der Waals surface area contributed by atoms with Gasteiger partial charge in [0.05, 0.1) is 16.3 Å². The molecular formula is C20H18ClFN4O2. The van der Waals surface area contributed by atoms with E-state index in [-0.39, 0.29) is 11.4 Å². The van der Waals surface area contributed by atoms with Gasteiger partial charge in [0, 0.05) is 29.4 Å². The summed E-state index contributed by atoms with van der Waals surface area (Å²) < 4.78 is 14.5. The first-order valence-corrected chi connectivity index (χ1v) is 8.84. The topological polar surface area (TPSA) is 102 Å². The predicted octanol–water partition coefficient (Wildman–Crippen LogP) is 3.35. The minimum atomic E-state index is -0.801. The van der Waals surface area contributed by atoms with Crippen molar-refractivity contribution in [3.05, 3.63) is 69.5 Å². The van der Waals surface area contributed by atoms with Gasteiger partial charge in [0.2, 0.25) is 5.91 Å². The van der Waals surface area contributed by atoms with Crippen LogP contribution >= 0.6 is 11.6 Å². The Bertz CT molecular complexity index is 1110. The predicted molar refractivity (Wildman–Crippen MR) is 105 cm³/mol. The van der Waals surface area contributed by atoms with Crippen LogP contribution in [0.3, 0.4) is 0 Å². The summed E-state index contributed by atoms with van der Waals surface area (Å²) in [5, 5.41) is 0.392. The van der Waals surface area contributed by atoms with Crippen molar-refractivity contribution in [3.63, 3.8) is 0 Å². The Morgan fingerprint density at radius 3 is 2.68 bits per heavy atom. The lowest BCUT2D eigenvalue weighted by Crippen LogP contribution is -2.33. The summed E-state index contributed by atoms with van der Waals surface area (Å²) in [7, 11) is 0. The van der Waals surface area contributed by atoms with Crippen LogP contribution < -0.4 is 11.3 Å².